The highest BCUT2D eigenvalue weighted by Gasteiger charge is 2.03. The average molecular weight is 354 g/mol. The predicted octanol–water partition coefficient (Wildman–Crippen LogP) is 6.30. The Morgan fingerprint density at radius 3 is 1.96 bits per heavy atom. The number of allylic oxidation sites excluding steroid dienone is 2. The van der Waals surface area contributed by atoms with Crippen molar-refractivity contribution in [3.05, 3.63) is 12.2 Å². The molecule has 0 aliphatic rings. The minimum atomic E-state index is -0.0710. The maximum atomic E-state index is 11.5. The second-order valence-electron chi connectivity index (χ2n) is 7.32. The Labute approximate surface area is 156 Å². The van der Waals surface area contributed by atoms with E-state index in [0.717, 1.165) is 19.3 Å². The van der Waals surface area contributed by atoms with Gasteiger partial charge in [-0.1, -0.05) is 70.4 Å². The maximum absolute atomic E-state index is 11.5. The normalized spacial score (nSPS) is 12.6. The van der Waals surface area contributed by atoms with Crippen molar-refractivity contribution < 1.29 is 9.53 Å². The number of unbranched alkanes of at least 4 members (excludes halogenated alkanes) is 11. The molecule has 0 aromatic carbocycles. The van der Waals surface area contributed by atoms with Crippen LogP contribution in [0.15, 0.2) is 12.2 Å². The smallest absolute Gasteiger partial charge is 0.305 e. The van der Waals surface area contributed by atoms with Crippen molar-refractivity contribution in [1.82, 2.24) is 0 Å². The average Bonchev–Trinajstić information content (AvgIpc) is 2.58. The lowest BCUT2D eigenvalue weighted by atomic mass is 10.1. The van der Waals surface area contributed by atoms with Crippen LogP contribution in [-0.2, 0) is 9.53 Å². The van der Waals surface area contributed by atoms with Gasteiger partial charge in [0.05, 0.1) is 6.61 Å². The summed E-state index contributed by atoms with van der Waals surface area (Å²) in [6.07, 6.45) is 22.6. The molecule has 0 spiro atoms. The molecule has 148 valence electrons. The molecule has 1 unspecified atom stereocenters. The largest absolute Gasteiger partial charge is 0.466 e. The van der Waals surface area contributed by atoms with Gasteiger partial charge in [0.25, 0.3) is 0 Å². The van der Waals surface area contributed by atoms with Gasteiger partial charge in [-0.2, -0.15) is 0 Å². The maximum Gasteiger partial charge on any atom is 0.305 e. The predicted molar refractivity (Wildman–Crippen MR) is 109 cm³/mol. The van der Waals surface area contributed by atoms with Crippen molar-refractivity contribution in [2.45, 2.75) is 116 Å². The summed E-state index contributed by atoms with van der Waals surface area (Å²) < 4.78 is 5.14. The molecule has 0 saturated carbocycles. The van der Waals surface area contributed by atoms with Gasteiger partial charge < -0.3 is 10.5 Å². The lowest BCUT2D eigenvalue weighted by Gasteiger charge is -2.06. The van der Waals surface area contributed by atoms with Crippen LogP contribution in [0.2, 0.25) is 0 Å². The molecule has 0 aliphatic heterocycles. The van der Waals surface area contributed by atoms with Gasteiger partial charge >= 0.3 is 5.97 Å². The van der Waals surface area contributed by atoms with E-state index in [1.54, 1.807) is 0 Å². The van der Waals surface area contributed by atoms with E-state index >= 15 is 0 Å². The van der Waals surface area contributed by atoms with Crippen LogP contribution in [0.1, 0.15) is 110 Å². The van der Waals surface area contributed by atoms with Crippen molar-refractivity contribution in [2.24, 2.45) is 5.73 Å². The second kappa shape index (κ2) is 19.5. The molecule has 1 atom stereocenters. The molecule has 3 nitrogen and oxygen atoms in total. The fraction of sp³-hybridized carbons (Fsp3) is 0.864. The second-order valence-corrected chi connectivity index (χ2v) is 7.32. The van der Waals surface area contributed by atoms with Crippen LogP contribution >= 0.6 is 0 Å². The van der Waals surface area contributed by atoms with E-state index in [0.29, 0.717) is 13.0 Å². The molecule has 0 bridgehead atoms. The van der Waals surface area contributed by atoms with E-state index in [1.807, 2.05) is 6.92 Å². The molecule has 0 fully saturated rings. The van der Waals surface area contributed by atoms with Crippen LogP contribution in [0, 0.1) is 0 Å². The highest BCUT2D eigenvalue weighted by Crippen LogP contribution is 2.10. The standard InChI is InChI=1S/C22H43NO2/c1-3-4-5-6-7-8-9-10-11-12-13-14-15-16-17-18-22(24)25-20-19-21(2)23/h10-11,21H,3-9,12-20,23H2,1-2H3/b11-10-. The van der Waals surface area contributed by atoms with Gasteiger partial charge in [-0.3, -0.25) is 4.79 Å². The summed E-state index contributed by atoms with van der Waals surface area (Å²) in [5.41, 5.74) is 5.62. The third-order valence-electron chi connectivity index (χ3n) is 4.48. The topological polar surface area (TPSA) is 52.3 Å². The first-order valence-electron chi connectivity index (χ1n) is 10.7. The van der Waals surface area contributed by atoms with Crippen molar-refractivity contribution in [1.29, 1.82) is 0 Å². The molecular weight excluding hydrogens is 310 g/mol. The molecule has 2 N–H and O–H groups in total. The lowest BCUT2D eigenvalue weighted by molar-refractivity contribution is -0.143. The summed E-state index contributed by atoms with van der Waals surface area (Å²) in [6, 6.07) is 0.104. The summed E-state index contributed by atoms with van der Waals surface area (Å²) in [5.74, 6) is -0.0710. The monoisotopic (exact) mass is 353 g/mol. The van der Waals surface area contributed by atoms with Crippen LogP contribution in [0.3, 0.4) is 0 Å². The number of hydrogen-bond acceptors (Lipinski definition) is 3. The number of esters is 1. The number of ether oxygens (including phenoxy) is 1. The third kappa shape index (κ3) is 21.1. The Bertz CT molecular complexity index is 313. The van der Waals surface area contributed by atoms with Crippen LogP contribution in [0.5, 0.6) is 0 Å². The van der Waals surface area contributed by atoms with Gasteiger partial charge in [0.2, 0.25) is 0 Å². The summed E-state index contributed by atoms with van der Waals surface area (Å²) in [7, 11) is 0. The number of carbonyl (C=O) groups is 1. The van der Waals surface area contributed by atoms with Gasteiger partial charge in [-0.15, -0.1) is 0 Å². The van der Waals surface area contributed by atoms with Gasteiger partial charge in [0, 0.05) is 12.5 Å². The van der Waals surface area contributed by atoms with Gasteiger partial charge in [0.15, 0.2) is 0 Å². The zero-order chi connectivity index (χ0) is 18.6. The Morgan fingerprint density at radius 1 is 0.880 bits per heavy atom. The highest BCUT2D eigenvalue weighted by atomic mass is 16.5. The van der Waals surface area contributed by atoms with Crippen molar-refractivity contribution >= 4 is 5.97 Å². The third-order valence-corrected chi connectivity index (χ3v) is 4.48. The zero-order valence-corrected chi connectivity index (χ0v) is 16.9. The molecule has 0 rings (SSSR count). The number of hydrogen-bond donors (Lipinski definition) is 1. The van der Waals surface area contributed by atoms with Crippen molar-refractivity contribution in [2.75, 3.05) is 6.61 Å². The summed E-state index contributed by atoms with van der Waals surface area (Å²) in [6.45, 7) is 4.65. The fourth-order valence-corrected chi connectivity index (χ4v) is 2.77. The first-order valence-corrected chi connectivity index (χ1v) is 10.7. The van der Waals surface area contributed by atoms with E-state index in [2.05, 4.69) is 19.1 Å². The number of nitrogens with two attached hydrogens (primary N) is 1. The Balaban J connectivity index is 3.20. The Hall–Kier alpha value is -0.830. The Morgan fingerprint density at radius 2 is 1.40 bits per heavy atom. The molecule has 0 aromatic heterocycles. The molecular formula is C22H43NO2. The quantitative estimate of drug-likeness (QED) is 0.179. The first-order chi connectivity index (χ1) is 12.2. The summed E-state index contributed by atoms with van der Waals surface area (Å²) >= 11 is 0. The van der Waals surface area contributed by atoms with Crippen LogP contribution in [0.4, 0.5) is 0 Å². The molecule has 0 aromatic rings. The lowest BCUT2D eigenvalue weighted by Crippen LogP contribution is -2.18. The Kier molecular flexibility index (Phi) is 18.8. The minimum absolute atomic E-state index is 0.0710. The number of carbonyl (C=O) groups excluding carboxylic acids is 1. The van der Waals surface area contributed by atoms with Gasteiger partial charge in [-0.05, 0) is 45.4 Å². The molecule has 0 heterocycles. The van der Waals surface area contributed by atoms with Crippen LogP contribution in [0.25, 0.3) is 0 Å². The summed E-state index contributed by atoms with van der Waals surface area (Å²) in [4.78, 5) is 11.5. The molecule has 3 heteroatoms. The molecule has 0 radical (unpaired) electrons. The molecule has 0 aliphatic carbocycles. The zero-order valence-electron chi connectivity index (χ0n) is 16.9. The van der Waals surface area contributed by atoms with E-state index in [4.69, 9.17) is 10.5 Å². The van der Waals surface area contributed by atoms with E-state index in [1.165, 1.54) is 70.6 Å². The van der Waals surface area contributed by atoms with Gasteiger partial charge in [-0.25, -0.2) is 0 Å². The van der Waals surface area contributed by atoms with Crippen LogP contribution < -0.4 is 5.73 Å². The molecule has 0 amide bonds. The highest BCUT2D eigenvalue weighted by molar-refractivity contribution is 5.69. The van der Waals surface area contributed by atoms with Gasteiger partial charge in [0.1, 0.15) is 0 Å². The fourth-order valence-electron chi connectivity index (χ4n) is 2.77. The molecule has 25 heavy (non-hydrogen) atoms. The first kappa shape index (κ1) is 24.2. The molecule has 0 saturated heterocycles. The SMILES string of the molecule is CCCCCCCC/C=C\CCCCCCCC(=O)OCCC(C)N. The summed E-state index contributed by atoms with van der Waals surface area (Å²) in [5, 5.41) is 0. The van der Waals surface area contributed by atoms with E-state index in [9.17, 15) is 4.79 Å². The van der Waals surface area contributed by atoms with E-state index < -0.39 is 0 Å². The van der Waals surface area contributed by atoms with Crippen molar-refractivity contribution in [3.8, 4) is 0 Å². The number of rotatable bonds is 18. The van der Waals surface area contributed by atoms with E-state index in [-0.39, 0.29) is 12.0 Å². The van der Waals surface area contributed by atoms with Crippen molar-refractivity contribution in [3.63, 3.8) is 0 Å². The van der Waals surface area contributed by atoms with Crippen LogP contribution in [-0.4, -0.2) is 18.6 Å². The minimum Gasteiger partial charge on any atom is -0.466 e.